The third kappa shape index (κ3) is 5.51. The van der Waals surface area contributed by atoms with Crippen molar-refractivity contribution >= 4 is 17.8 Å². The maximum atomic E-state index is 12.0. The van der Waals surface area contributed by atoms with Gasteiger partial charge in [-0.1, -0.05) is 29.8 Å². The van der Waals surface area contributed by atoms with Gasteiger partial charge in [-0.25, -0.2) is 9.97 Å². The number of piperidine rings is 1. The van der Waals surface area contributed by atoms with Crippen molar-refractivity contribution in [1.29, 1.82) is 0 Å². The third-order valence-corrected chi connectivity index (χ3v) is 4.78. The number of carbonyl (C=O) groups excluding carboxylic acids is 2. The fourth-order valence-corrected chi connectivity index (χ4v) is 3.08. The van der Waals surface area contributed by atoms with Crippen LogP contribution >= 0.6 is 0 Å². The Morgan fingerprint density at radius 2 is 1.67 bits per heavy atom. The van der Waals surface area contributed by atoms with Crippen LogP contribution in [0.4, 0.5) is 5.95 Å². The van der Waals surface area contributed by atoms with E-state index >= 15 is 0 Å². The quantitative estimate of drug-likeness (QED) is 0.781. The van der Waals surface area contributed by atoms with Crippen molar-refractivity contribution in [2.45, 2.75) is 26.3 Å². The van der Waals surface area contributed by atoms with Crippen molar-refractivity contribution in [2.24, 2.45) is 5.92 Å². The van der Waals surface area contributed by atoms with Crippen LogP contribution < -0.4 is 15.5 Å². The second-order valence-corrected chi connectivity index (χ2v) is 6.86. The zero-order valence-corrected chi connectivity index (χ0v) is 15.5. The topological polar surface area (TPSA) is 87.2 Å². The van der Waals surface area contributed by atoms with E-state index < -0.39 is 11.8 Å². The van der Waals surface area contributed by atoms with Gasteiger partial charge < -0.3 is 15.5 Å². The molecular weight excluding hydrogens is 342 g/mol. The van der Waals surface area contributed by atoms with Gasteiger partial charge >= 0.3 is 11.8 Å². The van der Waals surface area contributed by atoms with E-state index in [0.717, 1.165) is 43.0 Å². The highest BCUT2D eigenvalue weighted by atomic mass is 16.2. The van der Waals surface area contributed by atoms with E-state index in [1.165, 1.54) is 0 Å². The summed E-state index contributed by atoms with van der Waals surface area (Å²) in [6.07, 6.45) is 5.35. The number of aryl methyl sites for hydroxylation is 1. The molecule has 0 atom stereocenters. The smallest absolute Gasteiger partial charge is 0.309 e. The first-order valence-electron chi connectivity index (χ1n) is 9.25. The molecule has 0 unspecified atom stereocenters. The van der Waals surface area contributed by atoms with E-state index in [0.29, 0.717) is 19.0 Å². The Balaban J connectivity index is 1.36. The van der Waals surface area contributed by atoms with E-state index in [1.807, 2.05) is 31.2 Å². The maximum absolute atomic E-state index is 12.0. The molecule has 7 heteroatoms. The van der Waals surface area contributed by atoms with Crippen molar-refractivity contribution in [3.63, 3.8) is 0 Å². The minimum atomic E-state index is -0.592. The van der Waals surface area contributed by atoms with Crippen LogP contribution in [0.15, 0.2) is 42.7 Å². The highest BCUT2D eigenvalue weighted by molar-refractivity contribution is 6.35. The Hall–Kier alpha value is -2.96. The average Bonchev–Trinajstić information content (AvgIpc) is 2.72. The molecule has 2 N–H and O–H groups in total. The average molecular weight is 367 g/mol. The molecule has 0 bridgehead atoms. The van der Waals surface area contributed by atoms with Crippen LogP contribution in [-0.4, -0.2) is 41.4 Å². The number of aromatic nitrogens is 2. The number of hydrogen-bond acceptors (Lipinski definition) is 5. The Kier molecular flexibility index (Phi) is 6.35. The molecule has 1 aliphatic heterocycles. The Labute approximate surface area is 159 Å². The fraction of sp³-hybridized carbons (Fsp3) is 0.400. The summed E-state index contributed by atoms with van der Waals surface area (Å²) < 4.78 is 0. The molecule has 142 valence electrons. The summed E-state index contributed by atoms with van der Waals surface area (Å²) in [7, 11) is 0. The minimum absolute atomic E-state index is 0.349. The normalized spacial score (nSPS) is 14.6. The van der Waals surface area contributed by atoms with Crippen molar-refractivity contribution in [1.82, 2.24) is 20.6 Å². The molecule has 1 saturated heterocycles. The Morgan fingerprint density at radius 1 is 1.04 bits per heavy atom. The third-order valence-electron chi connectivity index (χ3n) is 4.78. The summed E-state index contributed by atoms with van der Waals surface area (Å²) in [4.78, 5) is 34.6. The number of nitrogens with one attached hydrogen (secondary N) is 2. The van der Waals surface area contributed by atoms with E-state index in [2.05, 4.69) is 25.5 Å². The van der Waals surface area contributed by atoms with Gasteiger partial charge in [0.2, 0.25) is 5.95 Å². The second-order valence-electron chi connectivity index (χ2n) is 6.86. The van der Waals surface area contributed by atoms with E-state index in [9.17, 15) is 9.59 Å². The van der Waals surface area contributed by atoms with E-state index in [-0.39, 0.29) is 0 Å². The molecule has 27 heavy (non-hydrogen) atoms. The number of carbonyl (C=O) groups is 2. The monoisotopic (exact) mass is 367 g/mol. The van der Waals surface area contributed by atoms with E-state index in [1.54, 1.807) is 18.5 Å². The first kappa shape index (κ1) is 18.8. The van der Waals surface area contributed by atoms with Gasteiger partial charge in [0.15, 0.2) is 0 Å². The molecule has 0 spiro atoms. The van der Waals surface area contributed by atoms with Gasteiger partial charge in [-0.15, -0.1) is 0 Å². The molecule has 2 amide bonds. The lowest BCUT2D eigenvalue weighted by atomic mass is 9.97. The summed E-state index contributed by atoms with van der Waals surface area (Å²) in [6.45, 7) is 4.57. The summed E-state index contributed by atoms with van der Waals surface area (Å²) in [6, 6.07) is 9.65. The molecular formula is C20H25N5O2. The predicted octanol–water partition coefficient (Wildman–Crippen LogP) is 1.43. The van der Waals surface area contributed by atoms with Crippen molar-refractivity contribution in [3.05, 3.63) is 53.9 Å². The van der Waals surface area contributed by atoms with Crippen molar-refractivity contribution < 1.29 is 9.59 Å². The standard InChI is InChI=1S/C20H25N5O2/c1-15-3-5-16(6-4-15)13-23-18(26)19(27)24-14-17-7-11-25(12-8-17)20-21-9-2-10-22-20/h2-6,9-10,17H,7-8,11-14H2,1H3,(H,23,26)(H,24,27). The molecule has 7 nitrogen and oxygen atoms in total. The van der Waals surface area contributed by atoms with Crippen LogP contribution in [0.2, 0.25) is 0 Å². The number of benzene rings is 1. The summed E-state index contributed by atoms with van der Waals surface area (Å²) in [5.74, 6) is -0.0593. The number of rotatable bonds is 5. The molecule has 1 fully saturated rings. The number of nitrogens with zero attached hydrogens (tertiary/aromatic N) is 3. The van der Waals surface area contributed by atoms with Gasteiger partial charge in [-0.3, -0.25) is 9.59 Å². The van der Waals surface area contributed by atoms with Crippen LogP contribution in [0, 0.1) is 12.8 Å². The van der Waals surface area contributed by atoms with Gasteiger partial charge in [0.05, 0.1) is 0 Å². The lowest BCUT2D eigenvalue weighted by Gasteiger charge is -2.31. The molecule has 0 radical (unpaired) electrons. The van der Waals surface area contributed by atoms with Crippen molar-refractivity contribution in [3.8, 4) is 0 Å². The van der Waals surface area contributed by atoms with Gasteiger partial charge in [-0.2, -0.15) is 0 Å². The first-order valence-corrected chi connectivity index (χ1v) is 9.25. The SMILES string of the molecule is Cc1ccc(CNC(=O)C(=O)NCC2CCN(c3ncccn3)CC2)cc1. The second kappa shape index (κ2) is 9.12. The molecule has 2 heterocycles. The Bertz CT molecular complexity index is 756. The summed E-state index contributed by atoms with van der Waals surface area (Å²) in [5, 5.41) is 5.41. The fourth-order valence-electron chi connectivity index (χ4n) is 3.08. The van der Waals surface area contributed by atoms with Crippen LogP contribution in [-0.2, 0) is 16.1 Å². The summed E-state index contributed by atoms with van der Waals surface area (Å²) >= 11 is 0. The minimum Gasteiger partial charge on any atom is -0.348 e. The van der Waals surface area contributed by atoms with E-state index in [4.69, 9.17) is 0 Å². The number of hydrogen-bond donors (Lipinski definition) is 2. The molecule has 1 aliphatic rings. The first-order chi connectivity index (χ1) is 13.1. The maximum Gasteiger partial charge on any atom is 0.309 e. The molecule has 1 aromatic heterocycles. The van der Waals surface area contributed by atoms with Crippen LogP contribution in [0.3, 0.4) is 0 Å². The molecule has 3 rings (SSSR count). The van der Waals surface area contributed by atoms with Crippen LogP contribution in [0.5, 0.6) is 0 Å². The molecule has 0 aliphatic carbocycles. The number of amides is 2. The lowest BCUT2D eigenvalue weighted by Crippen LogP contribution is -2.43. The number of anilines is 1. The lowest BCUT2D eigenvalue weighted by molar-refractivity contribution is -0.139. The molecule has 2 aromatic rings. The highest BCUT2D eigenvalue weighted by Gasteiger charge is 2.22. The molecule has 1 aromatic carbocycles. The predicted molar refractivity (Wildman–Crippen MR) is 103 cm³/mol. The van der Waals surface area contributed by atoms with Gasteiger partial charge in [-0.05, 0) is 37.3 Å². The highest BCUT2D eigenvalue weighted by Crippen LogP contribution is 2.19. The van der Waals surface area contributed by atoms with Crippen LogP contribution in [0.1, 0.15) is 24.0 Å². The van der Waals surface area contributed by atoms with Gasteiger partial charge in [0.25, 0.3) is 0 Å². The zero-order chi connectivity index (χ0) is 19.1. The van der Waals surface area contributed by atoms with Crippen LogP contribution in [0.25, 0.3) is 0 Å². The largest absolute Gasteiger partial charge is 0.348 e. The van der Waals surface area contributed by atoms with Gasteiger partial charge in [0.1, 0.15) is 0 Å². The zero-order valence-electron chi connectivity index (χ0n) is 15.5. The summed E-state index contributed by atoms with van der Waals surface area (Å²) in [5.41, 5.74) is 2.13. The molecule has 0 saturated carbocycles. The Morgan fingerprint density at radius 3 is 2.33 bits per heavy atom. The van der Waals surface area contributed by atoms with Gasteiger partial charge in [0, 0.05) is 38.6 Å². The van der Waals surface area contributed by atoms with Crippen molar-refractivity contribution in [2.75, 3.05) is 24.5 Å².